The maximum atomic E-state index is 12.2. The lowest BCUT2D eigenvalue weighted by atomic mass is 9.96. The van der Waals surface area contributed by atoms with Crippen LogP contribution in [0.4, 0.5) is 0 Å². The molecule has 1 unspecified atom stereocenters. The summed E-state index contributed by atoms with van der Waals surface area (Å²) in [7, 11) is 0. The van der Waals surface area contributed by atoms with E-state index in [1.54, 1.807) is 4.90 Å². The molecule has 1 saturated heterocycles. The predicted octanol–water partition coefficient (Wildman–Crippen LogP) is 1.87. The van der Waals surface area contributed by atoms with Crippen molar-refractivity contribution in [1.29, 1.82) is 0 Å². The van der Waals surface area contributed by atoms with Crippen LogP contribution in [-0.2, 0) is 16.0 Å². The summed E-state index contributed by atoms with van der Waals surface area (Å²) in [6.45, 7) is 3.80. The SMILES string of the molecule is CCN1CC(C(=O)NCCCc2nc3ccccc3[nH]2)CCC1=O. The molecule has 2 heterocycles. The van der Waals surface area contributed by atoms with Crippen molar-refractivity contribution in [2.75, 3.05) is 19.6 Å². The van der Waals surface area contributed by atoms with Crippen molar-refractivity contribution in [3.05, 3.63) is 30.1 Å². The largest absolute Gasteiger partial charge is 0.356 e. The molecular formula is C18H24N4O2. The van der Waals surface area contributed by atoms with Crippen molar-refractivity contribution in [3.63, 3.8) is 0 Å². The number of fused-ring (bicyclic) bond motifs is 1. The lowest BCUT2D eigenvalue weighted by molar-refractivity contribution is -0.138. The first kappa shape index (κ1) is 16.5. The second kappa shape index (κ2) is 7.47. The van der Waals surface area contributed by atoms with E-state index in [4.69, 9.17) is 0 Å². The predicted molar refractivity (Wildman–Crippen MR) is 92.4 cm³/mol. The first-order valence-corrected chi connectivity index (χ1v) is 8.66. The van der Waals surface area contributed by atoms with Crippen LogP contribution < -0.4 is 5.32 Å². The van der Waals surface area contributed by atoms with Gasteiger partial charge in [0.2, 0.25) is 11.8 Å². The highest BCUT2D eigenvalue weighted by Gasteiger charge is 2.28. The number of imidazole rings is 1. The van der Waals surface area contributed by atoms with Crippen molar-refractivity contribution in [2.45, 2.75) is 32.6 Å². The number of carbonyl (C=O) groups excluding carboxylic acids is 2. The molecule has 2 amide bonds. The van der Waals surface area contributed by atoms with Gasteiger partial charge in [-0.05, 0) is 31.9 Å². The lowest BCUT2D eigenvalue weighted by Crippen LogP contribution is -2.45. The highest BCUT2D eigenvalue weighted by atomic mass is 16.2. The number of aryl methyl sites for hydroxylation is 1. The van der Waals surface area contributed by atoms with Gasteiger partial charge in [0.05, 0.1) is 17.0 Å². The minimum atomic E-state index is -0.0751. The maximum Gasteiger partial charge on any atom is 0.224 e. The van der Waals surface area contributed by atoms with Gasteiger partial charge in [0.1, 0.15) is 5.82 Å². The molecule has 24 heavy (non-hydrogen) atoms. The molecule has 1 aliphatic rings. The minimum absolute atomic E-state index is 0.0607. The summed E-state index contributed by atoms with van der Waals surface area (Å²) in [6, 6.07) is 7.96. The van der Waals surface area contributed by atoms with Gasteiger partial charge in [0.15, 0.2) is 0 Å². The standard InChI is InChI=1S/C18H24N4O2/c1-2-22-12-13(9-10-17(22)23)18(24)19-11-5-8-16-20-14-6-3-4-7-15(14)21-16/h3-4,6-7,13H,2,5,8-12H2,1H3,(H,19,24)(H,20,21). The Labute approximate surface area is 141 Å². The van der Waals surface area contributed by atoms with Crippen LogP contribution in [-0.4, -0.2) is 46.3 Å². The zero-order valence-electron chi connectivity index (χ0n) is 14.0. The number of nitrogens with one attached hydrogen (secondary N) is 2. The van der Waals surface area contributed by atoms with Crippen LogP contribution in [0.25, 0.3) is 11.0 Å². The number of aromatic amines is 1. The van der Waals surface area contributed by atoms with Crippen molar-refractivity contribution >= 4 is 22.8 Å². The molecule has 128 valence electrons. The van der Waals surface area contributed by atoms with Gasteiger partial charge >= 0.3 is 0 Å². The normalized spacial score (nSPS) is 18.1. The van der Waals surface area contributed by atoms with Gasteiger partial charge in [0, 0.05) is 32.5 Å². The monoisotopic (exact) mass is 328 g/mol. The van der Waals surface area contributed by atoms with Crippen molar-refractivity contribution in [2.24, 2.45) is 5.92 Å². The molecule has 3 rings (SSSR count). The van der Waals surface area contributed by atoms with E-state index in [9.17, 15) is 9.59 Å². The van der Waals surface area contributed by atoms with E-state index in [0.717, 1.165) is 29.7 Å². The Bertz CT molecular complexity index is 692. The van der Waals surface area contributed by atoms with Crippen LogP contribution in [0, 0.1) is 5.92 Å². The fourth-order valence-electron chi connectivity index (χ4n) is 3.17. The Balaban J connectivity index is 1.43. The fourth-order valence-corrected chi connectivity index (χ4v) is 3.17. The number of amides is 2. The average Bonchev–Trinajstić information content (AvgIpc) is 3.01. The molecule has 1 fully saturated rings. The maximum absolute atomic E-state index is 12.2. The summed E-state index contributed by atoms with van der Waals surface area (Å²) in [5, 5.41) is 3.00. The molecule has 0 radical (unpaired) electrons. The number of para-hydroxylation sites is 2. The number of hydrogen-bond acceptors (Lipinski definition) is 3. The van der Waals surface area contributed by atoms with Gasteiger partial charge in [0.25, 0.3) is 0 Å². The lowest BCUT2D eigenvalue weighted by Gasteiger charge is -2.31. The molecule has 2 N–H and O–H groups in total. The van der Waals surface area contributed by atoms with Crippen LogP contribution in [0.3, 0.4) is 0 Å². The van der Waals surface area contributed by atoms with Crippen LogP contribution in [0.1, 0.15) is 32.0 Å². The fraction of sp³-hybridized carbons (Fsp3) is 0.500. The van der Waals surface area contributed by atoms with Gasteiger partial charge in [-0.1, -0.05) is 12.1 Å². The Morgan fingerprint density at radius 3 is 3.04 bits per heavy atom. The molecular weight excluding hydrogens is 304 g/mol. The number of benzene rings is 1. The van der Waals surface area contributed by atoms with Crippen LogP contribution in [0.2, 0.25) is 0 Å². The Hall–Kier alpha value is -2.37. The first-order chi connectivity index (χ1) is 11.7. The van der Waals surface area contributed by atoms with E-state index >= 15 is 0 Å². The van der Waals surface area contributed by atoms with Crippen molar-refractivity contribution in [3.8, 4) is 0 Å². The van der Waals surface area contributed by atoms with Gasteiger partial charge < -0.3 is 15.2 Å². The highest BCUT2D eigenvalue weighted by Crippen LogP contribution is 2.17. The van der Waals surface area contributed by atoms with Gasteiger partial charge in [-0.15, -0.1) is 0 Å². The molecule has 0 saturated carbocycles. The summed E-state index contributed by atoms with van der Waals surface area (Å²) in [5.74, 6) is 1.09. The number of likely N-dealkylation sites (tertiary alicyclic amines) is 1. The third kappa shape index (κ3) is 3.75. The molecule has 0 bridgehead atoms. The number of piperidine rings is 1. The van der Waals surface area contributed by atoms with Crippen molar-refractivity contribution < 1.29 is 9.59 Å². The molecule has 1 aromatic carbocycles. The number of hydrogen-bond donors (Lipinski definition) is 2. The van der Waals surface area contributed by atoms with E-state index in [0.29, 0.717) is 32.5 Å². The Kier molecular flexibility index (Phi) is 5.13. The zero-order chi connectivity index (χ0) is 16.9. The third-order valence-electron chi connectivity index (χ3n) is 4.58. The molecule has 0 aliphatic carbocycles. The number of rotatable bonds is 6. The average molecular weight is 328 g/mol. The van der Waals surface area contributed by atoms with Crippen molar-refractivity contribution in [1.82, 2.24) is 20.2 Å². The van der Waals surface area contributed by atoms with Crippen LogP contribution in [0.5, 0.6) is 0 Å². The summed E-state index contributed by atoms with van der Waals surface area (Å²) >= 11 is 0. The number of carbonyl (C=O) groups is 2. The van der Waals surface area contributed by atoms with Gasteiger partial charge in [-0.2, -0.15) is 0 Å². The number of aromatic nitrogens is 2. The molecule has 0 spiro atoms. The van der Waals surface area contributed by atoms with E-state index in [1.807, 2.05) is 31.2 Å². The van der Waals surface area contributed by atoms with E-state index in [1.165, 1.54) is 0 Å². The minimum Gasteiger partial charge on any atom is -0.356 e. The first-order valence-electron chi connectivity index (χ1n) is 8.66. The van der Waals surface area contributed by atoms with Gasteiger partial charge in [-0.3, -0.25) is 9.59 Å². The van der Waals surface area contributed by atoms with Gasteiger partial charge in [-0.25, -0.2) is 4.98 Å². The molecule has 1 atom stereocenters. The Morgan fingerprint density at radius 2 is 2.25 bits per heavy atom. The Morgan fingerprint density at radius 1 is 1.42 bits per heavy atom. The van der Waals surface area contributed by atoms with E-state index < -0.39 is 0 Å². The van der Waals surface area contributed by atoms with Crippen LogP contribution >= 0.6 is 0 Å². The van der Waals surface area contributed by atoms with E-state index in [2.05, 4.69) is 15.3 Å². The number of H-pyrrole nitrogens is 1. The summed E-state index contributed by atoms with van der Waals surface area (Å²) in [6.07, 6.45) is 2.78. The molecule has 6 heteroatoms. The topological polar surface area (TPSA) is 78.1 Å². The second-order valence-electron chi connectivity index (χ2n) is 6.26. The quantitative estimate of drug-likeness (QED) is 0.795. The number of nitrogens with zero attached hydrogens (tertiary/aromatic N) is 2. The van der Waals surface area contributed by atoms with E-state index in [-0.39, 0.29) is 17.7 Å². The highest BCUT2D eigenvalue weighted by molar-refractivity contribution is 5.83. The second-order valence-corrected chi connectivity index (χ2v) is 6.26. The van der Waals surface area contributed by atoms with Crippen LogP contribution in [0.15, 0.2) is 24.3 Å². The summed E-state index contributed by atoms with van der Waals surface area (Å²) in [4.78, 5) is 33.5. The molecule has 6 nitrogen and oxygen atoms in total. The summed E-state index contributed by atoms with van der Waals surface area (Å²) < 4.78 is 0. The molecule has 1 aliphatic heterocycles. The molecule has 1 aromatic heterocycles. The molecule has 2 aromatic rings. The third-order valence-corrected chi connectivity index (χ3v) is 4.58. The smallest absolute Gasteiger partial charge is 0.224 e. The zero-order valence-corrected chi connectivity index (χ0v) is 14.0. The summed E-state index contributed by atoms with van der Waals surface area (Å²) in [5.41, 5.74) is 2.02.